The fourth-order valence-electron chi connectivity index (χ4n) is 3.82. The molecule has 0 radical (unpaired) electrons. The maximum absolute atomic E-state index is 4.00. The van der Waals surface area contributed by atoms with Gasteiger partial charge in [-0.2, -0.15) is 0 Å². The van der Waals surface area contributed by atoms with Crippen LogP contribution in [0.25, 0.3) is 5.57 Å². The number of benzene rings is 2. The van der Waals surface area contributed by atoms with E-state index < -0.39 is 0 Å². The highest BCUT2D eigenvalue weighted by Crippen LogP contribution is 2.30. The van der Waals surface area contributed by atoms with Crippen LogP contribution >= 0.6 is 0 Å². The van der Waals surface area contributed by atoms with E-state index in [0.717, 1.165) is 25.7 Å². The highest BCUT2D eigenvalue weighted by molar-refractivity contribution is 5.71. The van der Waals surface area contributed by atoms with E-state index in [4.69, 9.17) is 0 Å². The Labute approximate surface area is 160 Å². The monoisotopic (exact) mass is 344 g/mol. The van der Waals surface area contributed by atoms with E-state index in [0.29, 0.717) is 0 Å². The Balaban J connectivity index is 2.40. The van der Waals surface area contributed by atoms with Crippen molar-refractivity contribution in [3.05, 3.63) is 101 Å². The normalized spacial score (nSPS) is 11.8. The third-order valence-corrected chi connectivity index (χ3v) is 4.73. The Bertz CT molecular complexity index is 777. The first-order valence-electron chi connectivity index (χ1n) is 9.51. The molecule has 0 aromatic heterocycles. The van der Waals surface area contributed by atoms with Gasteiger partial charge >= 0.3 is 0 Å². The molecule has 2 rings (SSSR count). The molecule has 0 heterocycles. The number of hydrogen-bond acceptors (Lipinski definition) is 0. The van der Waals surface area contributed by atoms with Crippen LogP contribution < -0.4 is 0 Å². The lowest BCUT2D eigenvalue weighted by molar-refractivity contribution is 0.906. The van der Waals surface area contributed by atoms with Crippen LogP contribution in [0.4, 0.5) is 0 Å². The number of allylic oxidation sites excluding steroid dienone is 4. The van der Waals surface area contributed by atoms with Gasteiger partial charge in [0.25, 0.3) is 0 Å². The molecular formula is C26H32. The topological polar surface area (TPSA) is 0 Å². The standard InChI is InChI=1S/C26H32/c1-7-9-24(12-11-23-15-19(3)13-20(4)16-23)26(10-8-2)25-17-21(5)14-22(6)18-25/h7-8,13-18H,1-2,9-12H2,3-6H3. The zero-order chi connectivity index (χ0) is 19.1. The summed E-state index contributed by atoms with van der Waals surface area (Å²) < 4.78 is 0. The first-order valence-corrected chi connectivity index (χ1v) is 9.51. The Morgan fingerprint density at radius 1 is 0.731 bits per heavy atom. The van der Waals surface area contributed by atoms with Crippen LogP contribution in [-0.2, 0) is 6.42 Å². The molecule has 2 aromatic carbocycles. The minimum atomic E-state index is 0.902. The number of hydrogen-bond donors (Lipinski definition) is 0. The zero-order valence-electron chi connectivity index (χ0n) is 16.9. The van der Waals surface area contributed by atoms with Crippen LogP contribution in [-0.4, -0.2) is 0 Å². The molecule has 0 nitrogen and oxygen atoms in total. The lowest BCUT2D eigenvalue weighted by Gasteiger charge is -2.16. The van der Waals surface area contributed by atoms with Gasteiger partial charge in [0, 0.05) is 0 Å². The SMILES string of the molecule is C=CCC(CCc1cc(C)cc(C)c1)=C(CC=C)c1cc(C)cc(C)c1. The molecule has 0 atom stereocenters. The summed E-state index contributed by atoms with van der Waals surface area (Å²) in [5.74, 6) is 0. The quantitative estimate of drug-likeness (QED) is 0.436. The van der Waals surface area contributed by atoms with Gasteiger partial charge in [0.2, 0.25) is 0 Å². The first-order chi connectivity index (χ1) is 12.4. The van der Waals surface area contributed by atoms with E-state index in [-0.39, 0.29) is 0 Å². The van der Waals surface area contributed by atoms with Gasteiger partial charge in [-0.1, -0.05) is 76.4 Å². The van der Waals surface area contributed by atoms with E-state index in [1.54, 1.807) is 0 Å². The van der Waals surface area contributed by atoms with Crippen LogP contribution in [0.1, 0.15) is 52.6 Å². The Morgan fingerprint density at radius 3 is 1.73 bits per heavy atom. The average molecular weight is 345 g/mol. The molecule has 0 fully saturated rings. The van der Waals surface area contributed by atoms with Crippen LogP contribution in [0.15, 0.2) is 67.3 Å². The molecule has 0 saturated carbocycles. The Hall–Kier alpha value is -2.34. The van der Waals surface area contributed by atoms with Crippen molar-refractivity contribution in [3.8, 4) is 0 Å². The lowest BCUT2D eigenvalue weighted by Crippen LogP contribution is -1.97. The van der Waals surface area contributed by atoms with Gasteiger partial charge in [-0.05, 0) is 70.1 Å². The predicted molar refractivity (Wildman–Crippen MR) is 117 cm³/mol. The molecule has 136 valence electrons. The third-order valence-electron chi connectivity index (χ3n) is 4.73. The summed E-state index contributed by atoms with van der Waals surface area (Å²) in [5, 5.41) is 0. The van der Waals surface area contributed by atoms with Crippen LogP contribution in [0, 0.1) is 27.7 Å². The second kappa shape index (κ2) is 9.38. The molecule has 26 heavy (non-hydrogen) atoms. The second-order valence-corrected chi connectivity index (χ2v) is 7.44. The summed E-state index contributed by atoms with van der Waals surface area (Å²) in [6, 6.07) is 13.7. The van der Waals surface area contributed by atoms with Gasteiger partial charge in [-0.25, -0.2) is 0 Å². The van der Waals surface area contributed by atoms with Crippen molar-refractivity contribution in [2.45, 2.75) is 53.4 Å². The summed E-state index contributed by atoms with van der Waals surface area (Å²) in [7, 11) is 0. The van der Waals surface area contributed by atoms with E-state index in [2.05, 4.69) is 77.3 Å². The Kier molecular flexibility index (Phi) is 7.21. The van der Waals surface area contributed by atoms with Crippen molar-refractivity contribution < 1.29 is 0 Å². The van der Waals surface area contributed by atoms with Crippen molar-refractivity contribution in [3.63, 3.8) is 0 Å². The maximum atomic E-state index is 4.00. The molecule has 0 N–H and O–H groups in total. The summed E-state index contributed by atoms with van der Waals surface area (Å²) in [6.07, 6.45) is 8.01. The van der Waals surface area contributed by atoms with Crippen molar-refractivity contribution in [1.29, 1.82) is 0 Å². The van der Waals surface area contributed by atoms with Crippen LogP contribution in [0.5, 0.6) is 0 Å². The summed E-state index contributed by atoms with van der Waals surface area (Å²) in [6.45, 7) is 16.7. The molecule has 0 saturated heterocycles. The van der Waals surface area contributed by atoms with Gasteiger partial charge in [0.15, 0.2) is 0 Å². The fourth-order valence-corrected chi connectivity index (χ4v) is 3.82. The van der Waals surface area contributed by atoms with E-state index >= 15 is 0 Å². The van der Waals surface area contributed by atoms with E-state index in [1.807, 2.05) is 12.2 Å². The smallest absolute Gasteiger partial charge is 0.00945 e. The minimum absolute atomic E-state index is 0.902. The molecule has 0 heteroatoms. The van der Waals surface area contributed by atoms with Gasteiger partial charge in [-0.3, -0.25) is 0 Å². The zero-order valence-corrected chi connectivity index (χ0v) is 16.9. The van der Waals surface area contributed by atoms with Gasteiger partial charge in [0.05, 0.1) is 0 Å². The summed E-state index contributed by atoms with van der Waals surface area (Å²) in [5.41, 5.74) is 11.0. The van der Waals surface area contributed by atoms with Crippen molar-refractivity contribution in [1.82, 2.24) is 0 Å². The molecule has 0 aliphatic carbocycles. The average Bonchev–Trinajstić information content (AvgIpc) is 2.55. The third kappa shape index (κ3) is 5.59. The lowest BCUT2D eigenvalue weighted by atomic mass is 9.89. The highest BCUT2D eigenvalue weighted by atomic mass is 14.1. The summed E-state index contributed by atoms with van der Waals surface area (Å²) >= 11 is 0. The molecule has 0 aliphatic heterocycles. The molecule has 0 unspecified atom stereocenters. The molecule has 0 aliphatic rings. The van der Waals surface area contributed by atoms with Crippen LogP contribution in [0.2, 0.25) is 0 Å². The van der Waals surface area contributed by atoms with Gasteiger partial charge in [-0.15, -0.1) is 13.2 Å². The second-order valence-electron chi connectivity index (χ2n) is 7.44. The molecule has 0 amide bonds. The summed E-state index contributed by atoms with van der Waals surface area (Å²) in [4.78, 5) is 0. The number of rotatable bonds is 8. The minimum Gasteiger partial charge on any atom is -0.103 e. The highest BCUT2D eigenvalue weighted by Gasteiger charge is 2.10. The van der Waals surface area contributed by atoms with Crippen LogP contribution in [0.3, 0.4) is 0 Å². The maximum Gasteiger partial charge on any atom is -0.00945 e. The fraction of sp³-hybridized carbons (Fsp3) is 0.308. The van der Waals surface area contributed by atoms with Gasteiger partial charge < -0.3 is 0 Å². The van der Waals surface area contributed by atoms with Gasteiger partial charge in [0.1, 0.15) is 0 Å². The predicted octanol–water partition coefficient (Wildman–Crippen LogP) is 7.46. The van der Waals surface area contributed by atoms with Crippen molar-refractivity contribution in [2.24, 2.45) is 0 Å². The molecular weight excluding hydrogens is 312 g/mol. The molecule has 0 spiro atoms. The first kappa shape index (κ1) is 20.0. The van der Waals surface area contributed by atoms with Crippen molar-refractivity contribution >= 4 is 5.57 Å². The molecule has 2 aromatic rings. The van der Waals surface area contributed by atoms with Crippen molar-refractivity contribution in [2.75, 3.05) is 0 Å². The van der Waals surface area contributed by atoms with E-state index in [1.165, 1.54) is 44.5 Å². The van der Waals surface area contributed by atoms with E-state index in [9.17, 15) is 0 Å². The number of aryl methyl sites for hydroxylation is 5. The molecule has 0 bridgehead atoms. The largest absolute Gasteiger partial charge is 0.103 e. The Morgan fingerprint density at radius 2 is 1.23 bits per heavy atom.